The molecule has 0 unspecified atom stereocenters. The van der Waals surface area contributed by atoms with Crippen LogP contribution in [0.25, 0.3) is 0 Å². The molecule has 0 atom stereocenters. The lowest BCUT2D eigenvalue weighted by Crippen LogP contribution is -2.75. The largest absolute Gasteiger partial charge is 0.435 e. The maximum Gasteiger partial charge on any atom is 0.435 e. The molecular weight excluding hydrogens is 449 g/mol. The number of carbonyl (C=O) groups is 1. The van der Waals surface area contributed by atoms with Crippen molar-refractivity contribution in [3.63, 3.8) is 0 Å². The molecule has 3 saturated heterocycles. The monoisotopic (exact) mass is 476 g/mol. The summed E-state index contributed by atoms with van der Waals surface area (Å²) < 4.78 is 41.0. The van der Waals surface area contributed by atoms with Crippen LogP contribution in [0.5, 0.6) is 0 Å². The first kappa shape index (κ1) is 20.7. The number of H-pyrrole nitrogens is 1. The Morgan fingerprint density at radius 3 is 2.35 bits per heavy atom. The van der Waals surface area contributed by atoms with Gasteiger partial charge in [0.25, 0.3) is 0 Å². The third-order valence-electron chi connectivity index (χ3n) is 8.31. The van der Waals surface area contributed by atoms with E-state index in [9.17, 15) is 18.0 Å². The number of hydrogen-bond donors (Lipinski definition) is 1. The molecule has 1 N–H and O–H groups in total. The fraction of sp³-hybridized carbons (Fsp3) is 0.727. The number of alkyl halides is 3. The topological polar surface area (TPSA) is 86.2 Å². The van der Waals surface area contributed by atoms with E-state index in [-0.39, 0.29) is 29.1 Å². The van der Waals surface area contributed by atoms with Crippen molar-refractivity contribution < 1.29 is 18.0 Å². The van der Waals surface area contributed by atoms with Gasteiger partial charge in [-0.3, -0.25) is 4.90 Å². The fourth-order valence-electron chi connectivity index (χ4n) is 6.50. The number of nitrogens with zero attached hydrogens (tertiary/aromatic N) is 7. The van der Waals surface area contributed by atoms with E-state index in [2.05, 4.69) is 20.1 Å². The second kappa shape index (κ2) is 6.73. The number of hydrogen-bond acceptors (Lipinski definition) is 5. The minimum atomic E-state index is -4.44. The average Bonchev–Trinajstić information content (AvgIpc) is 3.19. The molecule has 2 saturated carbocycles. The second-order valence-corrected chi connectivity index (χ2v) is 11.3. The fourth-order valence-corrected chi connectivity index (χ4v) is 6.50. The highest BCUT2D eigenvalue weighted by Gasteiger charge is 2.58. The van der Waals surface area contributed by atoms with Gasteiger partial charge in [0.05, 0.1) is 18.1 Å². The summed E-state index contributed by atoms with van der Waals surface area (Å²) >= 11 is 0. The quantitative estimate of drug-likeness (QED) is 0.733. The number of halogens is 3. The molecule has 2 amide bonds. The van der Waals surface area contributed by atoms with Gasteiger partial charge in [-0.05, 0) is 25.7 Å². The Kier molecular flexibility index (Phi) is 4.10. The van der Waals surface area contributed by atoms with Crippen molar-refractivity contribution in [2.45, 2.75) is 50.4 Å². The summed E-state index contributed by atoms with van der Waals surface area (Å²) in [4.78, 5) is 29.2. The number of imidazole rings is 1. The van der Waals surface area contributed by atoms with Crippen molar-refractivity contribution in [3.8, 4) is 0 Å². The summed E-state index contributed by atoms with van der Waals surface area (Å²) in [6.45, 7) is 4.61. The Hall–Kier alpha value is -2.63. The zero-order valence-corrected chi connectivity index (χ0v) is 18.8. The third-order valence-corrected chi connectivity index (χ3v) is 8.31. The first-order chi connectivity index (χ1) is 16.2. The van der Waals surface area contributed by atoms with Gasteiger partial charge in [0.1, 0.15) is 6.33 Å². The molecule has 182 valence electrons. The summed E-state index contributed by atoms with van der Waals surface area (Å²) in [6.07, 6.45) is 3.03. The Bertz CT molecular complexity index is 1110. The number of nitrogens with one attached hydrogen (secondary N) is 1. The van der Waals surface area contributed by atoms with Gasteiger partial charge in [0, 0.05) is 62.6 Å². The molecule has 5 fully saturated rings. The summed E-state index contributed by atoms with van der Waals surface area (Å²) in [5.74, 6) is 1.55. The molecule has 2 aromatic rings. The number of carbonyl (C=O) groups excluding carboxylic acids is 1. The first-order valence-corrected chi connectivity index (χ1v) is 12.0. The molecule has 5 aliphatic rings. The van der Waals surface area contributed by atoms with Crippen LogP contribution in [0.3, 0.4) is 0 Å². The Balaban J connectivity index is 0.856. The van der Waals surface area contributed by atoms with Crippen LogP contribution in [0.1, 0.15) is 54.9 Å². The maximum atomic E-state index is 13.0. The van der Waals surface area contributed by atoms with Gasteiger partial charge in [-0.1, -0.05) is 0 Å². The van der Waals surface area contributed by atoms with Crippen LogP contribution in [-0.4, -0.2) is 84.7 Å². The summed E-state index contributed by atoms with van der Waals surface area (Å²) in [5.41, 5.74) is -0.461. The molecule has 0 aromatic carbocycles. The van der Waals surface area contributed by atoms with E-state index in [1.54, 1.807) is 0 Å². The molecule has 12 heteroatoms. The molecule has 0 radical (unpaired) electrons. The number of aromatic amines is 1. The molecule has 9 nitrogen and oxygen atoms in total. The highest BCUT2D eigenvalue weighted by molar-refractivity contribution is 5.77. The average molecular weight is 477 g/mol. The van der Waals surface area contributed by atoms with Crippen LogP contribution in [-0.2, 0) is 12.7 Å². The lowest BCUT2D eigenvalue weighted by Gasteiger charge is -2.63. The highest BCUT2D eigenvalue weighted by Crippen LogP contribution is 2.54. The van der Waals surface area contributed by atoms with E-state index >= 15 is 0 Å². The summed E-state index contributed by atoms with van der Waals surface area (Å²) in [7, 11) is 0. The van der Waals surface area contributed by atoms with Crippen molar-refractivity contribution in [2.75, 3.05) is 39.3 Å². The van der Waals surface area contributed by atoms with Gasteiger partial charge in [0.15, 0.2) is 11.5 Å². The van der Waals surface area contributed by atoms with Crippen molar-refractivity contribution in [1.29, 1.82) is 0 Å². The molecule has 7 rings (SSSR count). The zero-order chi connectivity index (χ0) is 23.3. The number of rotatable bonds is 4. The molecule has 2 spiro atoms. The van der Waals surface area contributed by atoms with Gasteiger partial charge >= 0.3 is 12.2 Å². The Morgan fingerprint density at radius 1 is 1.03 bits per heavy atom. The number of likely N-dealkylation sites (tertiary alicyclic amines) is 3. The van der Waals surface area contributed by atoms with Gasteiger partial charge in [-0.25, -0.2) is 19.4 Å². The predicted molar refractivity (Wildman–Crippen MR) is 113 cm³/mol. The van der Waals surface area contributed by atoms with Crippen LogP contribution in [0.15, 0.2) is 12.7 Å². The Morgan fingerprint density at radius 2 is 1.71 bits per heavy atom. The van der Waals surface area contributed by atoms with Gasteiger partial charge in [0.2, 0.25) is 0 Å². The molecule has 0 bridgehead atoms. The van der Waals surface area contributed by atoms with Crippen molar-refractivity contribution >= 4 is 6.03 Å². The van der Waals surface area contributed by atoms with Gasteiger partial charge < -0.3 is 14.8 Å². The van der Waals surface area contributed by atoms with E-state index in [0.717, 1.165) is 38.1 Å². The lowest BCUT2D eigenvalue weighted by molar-refractivity contribution is -0.143. The lowest BCUT2D eigenvalue weighted by atomic mass is 9.60. The van der Waals surface area contributed by atoms with Gasteiger partial charge in [-0.2, -0.15) is 18.3 Å². The van der Waals surface area contributed by atoms with E-state index in [4.69, 9.17) is 0 Å². The van der Waals surface area contributed by atoms with Crippen LogP contribution in [0.2, 0.25) is 0 Å². The summed E-state index contributed by atoms with van der Waals surface area (Å²) in [6, 6.07) is 0.501. The van der Waals surface area contributed by atoms with E-state index in [1.165, 1.54) is 12.8 Å². The molecule has 5 heterocycles. The van der Waals surface area contributed by atoms with E-state index in [1.807, 2.05) is 25.7 Å². The number of amides is 2. The molecule has 34 heavy (non-hydrogen) atoms. The maximum absolute atomic E-state index is 13.0. The van der Waals surface area contributed by atoms with Crippen LogP contribution >= 0.6 is 0 Å². The van der Waals surface area contributed by atoms with E-state index < -0.39 is 11.9 Å². The standard InChI is InChI=1S/C22H27F3N8O/c23-22(24,25)17-16(26-12-27-17)5-30-6-21(7-30)10-32(11-21)19(34)31-8-20(9-31)3-15(4-20)33-13-28-18(29-33)14-1-2-14/h12-15H,1-11H2,(H,26,27). The molecular formula is C22H27F3N8O. The zero-order valence-electron chi connectivity index (χ0n) is 18.8. The first-order valence-electron chi connectivity index (χ1n) is 12.0. The van der Waals surface area contributed by atoms with Crippen LogP contribution in [0, 0.1) is 10.8 Å². The SMILES string of the molecule is O=C(N1CC2(CC(n3cnc(C4CC4)n3)C2)C1)N1CC2(CN(Cc3[nH]cnc3C(F)(F)F)C2)C1. The van der Waals surface area contributed by atoms with Crippen molar-refractivity contribution in [1.82, 2.24) is 39.4 Å². The normalized spacial score (nSPS) is 25.7. The predicted octanol–water partition coefficient (Wildman–Crippen LogP) is 2.47. The number of urea groups is 1. The van der Waals surface area contributed by atoms with Crippen molar-refractivity contribution in [2.24, 2.45) is 10.8 Å². The van der Waals surface area contributed by atoms with Crippen LogP contribution < -0.4 is 0 Å². The number of aromatic nitrogens is 5. The van der Waals surface area contributed by atoms with Gasteiger partial charge in [-0.15, -0.1) is 0 Å². The van der Waals surface area contributed by atoms with Crippen LogP contribution in [0.4, 0.5) is 18.0 Å². The van der Waals surface area contributed by atoms with E-state index in [0.29, 0.717) is 38.1 Å². The van der Waals surface area contributed by atoms with Crippen molar-refractivity contribution in [3.05, 3.63) is 29.9 Å². The molecule has 3 aliphatic heterocycles. The molecule has 2 aromatic heterocycles. The highest BCUT2D eigenvalue weighted by atomic mass is 19.4. The summed E-state index contributed by atoms with van der Waals surface area (Å²) in [5, 5.41) is 4.65. The smallest absolute Gasteiger partial charge is 0.347 e. The molecule has 2 aliphatic carbocycles. The minimum absolute atomic E-state index is 0.0323. The second-order valence-electron chi connectivity index (χ2n) is 11.3. The third kappa shape index (κ3) is 3.24. The Labute approximate surface area is 194 Å². The minimum Gasteiger partial charge on any atom is -0.347 e.